The third kappa shape index (κ3) is 6.39. The number of aliphatic carboxylic acids is 2. The summed E-state index contributed by atoms with van der Waals surface area (Å²) in [5.41, 5.74) is 4.09. The zero-order chi connectivity index (χ0) is 28.7. The number of rotatable bonds is 7. The lowest BCUT2D eigenvalue weighted by molar-refractivity contribution is -0.159. The van der Waals surface area contributed by atoms with Crippen LogP contribution in [0.25, 0.3) is 0 Å². The minimum Gasteiger partial charge on any atom is -0.486 e. The van der Waals surface area contributed by atoms with Gasteiger partial charge in [0.2, 0.25) is 0 Å². The maximum Gasteiger partial charge on any atom is 0.414 e. The summed E-state index contributed by atoms with van der Waals surface area (Å²) in [6, 6.07) is 20.5. The Morgan fingerprint density at radius 2 is 1.77 bits per heavy atom. The minimum absolute atomic E-state index is 0.269. The first-order chi connectivity index (χ1) is 19.2. The number of para-hydroxylation sites is 1. The molecular formula is C30H29FN2O7. The lowest BCUT2D eigenvalue weighted by atomic mass is 9.81. The molecule has 0 bridgehead atoms. The van der Waals surface area contributed by atoms with E-state index >= 15 is 0 Å². The number of ether oxygens (including phenoxy) is 3. The molecular weight excluding hydrogens is 519 g/mol. The molecule has 1 atom stereocenters. The molecule has 0 fully saturated rings. The topological polar surface area (TPSA) is 129 Å². The van der Waals surface area contributed by atoms with Gasteiger partial charge in [-0.1, -0.05) is 30.3 Å². The number of carbonyl (C=O) groups is 2. The number of benzene rings is 3. The normalized spacial score (nSPS) is 16.9. The maximum atomic E-state index is 13.7. The lowest BCUT2D eigenvalue weighted by Crippen LogP contribution is -2.29. The van der Waals surface area contributed by atoms with Gasteiger partial charge in [0, 0.05) is 12.1 Å². The van der Waals surface area contributed by atoms with Crippen LogP contribution in [0.4, 0.5) is 4.39 Å². The van der Waals surface area contributed by atoms with Gasteiger partial charge in [0.1, 0.15) is 24.6 Å². The highest BCUT2D eigenvalue weighted by molar-refractivity contribution is 6.27. The van der Waals surface area contributed by atoms with Crippen molar-refractivity contribution in [2.75, 3.05) is 26.8 Å². The fourth-order valence-electron chi connectivity index (χ4n) is 4.99. The molecule has 2 aliphatic rings. The average Bonchev–Trinajstić information content (AvgIpc) is 3.32. The number of carboxylic acids is 2. The van der Waals surface area contributed by atoms with Crippen molar-refractivity contribution in [2.45, 2.75) is 31.6 Å². The summed E-state index contributed by atoms with van der Waals surface area (Å²) in [4.78, 5) is 20.5. The van der Waals surface area contributed by atoms with Gasteiger partial charge in [-0.05, 0) is 73.5 Å². The predicted octanol–water partition coefficient (Wildman–Crippen LogP) is 4.31. The fourth-order valence-corrected chi connectivity index (χ4v) is 4.99. The molecule has 3 aromatic carbocycles. The van der Waals surface area contributed by atoms with E-state index in [1.165, 1.54) is 12.1 Å². The Hall–Kier alpha value is -4.46. The van der Waals surface area contributed by atoms with Crippen LogP contribution in [0.5, 0.6) is 11.5 Å². The van der Waals surface area contributed by atoms with Crippen LogP contribution in [0.15, 0.2) is 60.7 Å². The van der Waals surface area contributed by atoms with Gasteiger partial charge in [0.25, 0.3) is 0 Å². The number of nitriles is 1. The summed E-state index contributed by atoms with van der Waals surface area (Å²) in [5, 5.41) is 24.1. The molecule has 0 saturated carbocycles. The van der Waals surface area contributed by atoms with Crippen molar-refractivity contribution < 1.29 is 38.4 Å². The van der Waals surface area contributed by atoms with Gasteiger partial charge >= 0.3 is 11.9 Å². The third-order valence-electron chi connectivity index (χ3n) is 6.79. The number of halogens is 1. The quantitative estimate of drug-likeness (QED) is 0.415. The Morgan fingerprint density at radius 1 is 1.05 bits per heavy atom. The number of carboxylic acid groups (broad SMARTS) is 2. The van der Waals surface area contributed by atoms with Crippen LogP contribution in [-0.2, 0) is 33.1 Å². The van der Waals surface area contributed by atoms with Crippen LogP contribution in [0.3, 0.4) is 0 Å². The molecule has 0 aliphatic carbocycles. The summed E-state index contributed by atoms with van der Waals surface area (Å²) in [6.07, 6.45) is 1.62. The highest BCUT2D eigenvalue weighted by atomic mass is 19.1. The second-order valence-electron chi connectivity index (χ2n) is 9.50. The smallest absolute Gasteiger partial charge is 0.414 e. The van der Waals surface area contributed by atoms with Crippen LogP contribution in [0.2, 0.25) is 0 Å². The van der Waals surface area contributed by atoms with E-state index in [9.17, 15) is 9.65 Å². The monoisotopic (exact) mass is 548 g/mol. The molecule has 1 unspecified atom stereocenters. The van der Waals surface area contributed by atoms with Crippen LogP contribution < -0.4 is 9.47 Å². The first-order valence-electron chi connectivity index (χ1n) is 12.7. The van der Waals surface area contributed by atoms with E-state index in [0.717, 1.165) is 59.7 Å². The highest BCUT2D eigenvalue weighted by Gasteiger charge is 2.41. The van der Waals surface area contributed by atoms with E-state index < -0.39 is 17.5 Å². The standard InChI is InChI=1S/C28H27FN2O3.C2H2O4/c1-31(18-21-4-2-5-26-27(21)33-15-14-32-26)13-3-12-28(23-7-9-24(29)10-8-23)25-11-6-20(17-30)16-22(25)19-34-28;3-1(4)2(5)6/h2,4-11,16H,3,12-15,18-19H2,1H3;(H,3,4)(H,5,6). The first kappa shape index (κ1) is 28.5. The van der Waals surface area contributed by atoms with Gasteiger partial charge in [0.05, 0.1) is 18.2 Å². The molecule has 0 aromatic heterocycles. The molecule has 2 aliphatic heterocycles. The highest BCUT2D eigenvalue weighted by Crippen LogP contribution is 2.45. The van der Waals surface area contributed by atoms with Crippen molar-refractivity contribution in [2.24, 2.45) is 0 Å². The summed E-state index contributed by atoms with van der Waals surface area (Å²) in [7, 11) is 2.09. The van der Waals surface area contributed by atoms with E-state index in [1.807, 2.05) is 30.3 Å². The second-order valence-corrected chi connectivity index (χ2v) is 9.50. The Labute approximate surface area is 230 Å². The Balaban J connectivity index is 0.000000557. The molecule has 40 heavy (non-hydrogen) atoms. The molecule has 0 amide bonds. The molecule has 208 valence electrons. The van der Waals surface area contributed by atoms with Gasteiger partial charge in [-0.25, -0.2) is 14.0 Å². The van der Waals surface area contributed by atoms with E-state index in [-0.39, 0.29) is 5.82 Å². The van der Waals surface area contributed by atoms with Crippen molar-refractivity contribution in [1.29, 1.82) is 5.26 Å². The summed E-state index contributed by atoms with van der Waals surface area (Å²) in [6.45, 7) is 3.18. The van der Waals surface area contributed by atoms with E-state index in [0.29, 0.717) is 25.4 Å². The minimum atomic E-state index is -1.82. The van der Waals surface area contributed by atoms with Crippen molar-refractivity contribution in [3.05, 3.63) is 94.3 Å². The predicted molar refractivity (Wildman–Crippen MR) is 141 cm³/mol. The molecule has 3 aromatic rings. The summed E-state index contributed by atoms with van der Waals surface area (Å²) < 4.78 is 31.7. The lowest BCUT2D eigenvalue weighted by Gasteiger charge is -2.31. The Kier molecular flexibility index (Phi) is 8.99. The number of hydrogen-bond acceptors (Lipinski definition) is 7. The van der Waals surface area contributed by atoms with Crippen molar-refractivity contribution in [1.82, 2.24) is 4.90 Å². The van der Waals surface area contributed by atoms with E-state index in [1.54, 1.807) is 12.1 Å². The van der Waals surface area contributed by atoms with Gasteiger partial charge in [-0.3, -0.25) is 0 Å². The van der Waals surface area contributed by atoms with Crippen LogP contribution in [-0.4, -0.2) is 53.9 Å². The molecule has 10 heteroatoms. The SMILES string of the molecule is CN(CCCC1(c2ccc(F)cc2)OCc2cc(C#N)ccc21)Cc1cccc2c1OCCO2.O=C(O)C(=O)O. The molecule has 5 rings (SSSR count). The Bertz CT molecular complexity index is 1410. The molecule has 9 nitrogen and oxygen atoms in total. The third-order valence-corrected chi connectivity index (χ3v) is 6.79. The zero-order valence-corrected chi connectivity index (χ0v) is 21.9. The fraction of sp³-hybridized carbons (Fsp3) is 0.300. The second kappa shape index (κ2) is 12.6. The van der Waals surface area contributed by atoms with Gasteiger partial charge in [0.15, 0.2) is 11.5 Å². The van der Waals surface area contributed by atoms with Crippen molar-refractivity contribution >= 4 is 11.9 Å². The molecule has 0 spiro atoms. The van der Waals surface area contributed by atoms with Gasteiger partial charge in [-0.2, -0.15) is 5.26 Å². The van der Waals surface area contributed by atoms with E-state index in [4.69, 9.17) is 34.0 Å². The summed E-state index contributed by atoms with van der Waals surface area (Å²) >= 11 is 0. The average molecular weight is 549 g/mol. The largest absolute Gasteiger partial charge is 0.486 e. The molecule has 0 radical (unpaired) electrons. The maximum absolute atomic E-state index is 13.7. The molecule has 2 heterocycles. The van der Waals surface area contributed by atoms with Gasteiger partial charge < -0.3 is 29.3 Å². The number of nitrogens with zero attached hydrogens (tertiary/aromatic N) is 2. The zero-order valence-electron chi connectivity index (χ0n) is 21.9. The molecule has 2 N–H and O–H groups in total. The number of hydrogen-bond donors (Lipinski definition) is 2. The van der Waals surface area contributed by atoms with Crippen molar-refractivity contribution in [3.63, 3.8) is 0 Å². The van der Waals surface area contributed by atoms with Gasteiger partial charge in [-0.15, -0.1) is 0 Å². The van der Waals surface area contributed by atoms with Crippen molar-refractivity contribution in [3.8, 4) is 17.6 Å². The Morgan fingerprint density at radius 3 is 2.48 bits per heavy atom. The van der Waals surface area contributed by atoms with Crippen LogP contribution in [0, 0.1) is 17.1 Å². The summed E-state index contributed by atoms with van der Waals surface area (Å²) in [5.74, 6) is -2.27. The van der Waals surface area contributed by atoms with Crippen LogP contribution >= 0.6 is 0 Å². The number of fused-ring (bicyclic) bond motifs is 2. The van der Waals surface area contributed by atoms with Crippen LogP contribution in [0.1, 0.15) is 40.7 Å². The van der Waals surface area contributed by atoms with E-state index in [2.05, 4.69) is 24.1 Å². The first-order valence-corrected chi connectivity index (χ1v) is 12.7. The molecule has 0 saturated heterocycles.